The van der Waals surface area contributed by atoms with E-state index in [1.165, 1.54) is 60.7 Å². The number of rotatable bonds is 6. The molecule has 10 heteroatoms. The summed E-state index contributed by atoms with van der Waals surface area (Å²) in [4.78, 5) is 25.0. The monoisotopic (exact) mass is 504 g/mol. The van der Waals surface area contributed by atoms with Gasteiger partial charge in [0.1, 0.15) is 23.0 Å². The van der Waals surface area contributed by atoms with Gasteiger partial charge in [0.25, 0.3) is 0 Å². The standard InChI is InChI=1S/C27H20O10/c28-20-7-3-14(9-24(20)32)1-5-16-11-22(30)18(26(34)36-16)13-19-23(31)12-17(37-27(19)35)6-2-15-4-8-21(29)25(33)10-15/h1-12,28-33H,13H2. The fourth-order valence-electron chi connectivity index (χ4n) is 3.36. The largest absolute Gasteiger partial charge is 0.507 e. The van der Waals surface area contributed by atoms with E-state index >= 15 is 0 Å². The molecule has 0 unspecified atom stereocenters. The van der Waals surface area contributed by atoms with Crippen LogP contribution in [0.4, 0.5) is 0 Å². The average Bonchev–Trinajstić information content (AvgIpc) is 2.84. The third-order valence-corrected chi connectivity index (χ3v) is 5.32. The van der Waals surface area contributed by atoms with Crippen molar-refractivity contribution >= 4 is 24.3 Å². The van der Waals surface area contributed by atoms with Gasteiger partial charge < -0.3 is 39.5 Å². The minimum Gasteiger partial charge on any atom is -0.507 e. The quantitative estimate of drug-likeness (QED) is 0.212. The van der Waals surface area contributed by atoms with Gasteiger partial charge in [0, 0.05) is 18.6 Å². The van der Waals surface area contributed by atoms with E-state index in [-0.39, 0.29) is 45.6 Å². The van der Waals surface area contributed by atoms with Gasteiger partial charge in [-0.2, -0.15) is 0 Å². The Labute approximate surface area is 208 Å². The number of phenolic OH excluding ortho intramolecular Hbond substituents is 4. The second-order valence-corrected chi connectivity index (χ2v) is 7.94. The van der Waals surface area contributed by atoms with E-state index in [0.29, 0.717) is 11.1 Å². The van der Waals surface area contributed by atoms with Crippen molar-refractivity contribution in [3.8, 4) is 34.5 Å². The zero-order valence-corrected chi connectivity index (χ0v) is 19.0. The minimum absolute atomic E-state index is 0.0178. The zero-order chi connectivity index (χ0) is 26.7. The van der Waals surface area contributed by atoms with Gasteiger partial charge in [-0.15, -0.1) is 0 Å². The van der Waals surface area contributed by atoms with E-state index in [9.17, 15) is 40.2 Å². The van der Waals surface area contributed by atoms with Crippen LogP contribution >= 0.6 is 0 Å². The highest BCUT2D eigenvalue weighted by Gasteiger charge is 2.18. The molecule has 0 spiro atoms. The van der Waals surface area contributed by atoms with Crippen LogP contribution in [0.5, 0.6) is 34.5 Å². The molecule has 37 heavy (non-hydrogen) atoms. The lowest BCUT2D eigenvalue weighted by atomic mass is 10.1. The third-order valence-electron chi connectivity index (χ3n) is 5.32. The average molecular weight is 504 g/mol. The first-order chi connectivity index (χ1) is 17.6. The maximum atomic E-state index is 12.5. The molecule has 0 saturated heterocycles. The van der Waals surface area contributed by atoms with E-state index in [0.717, 1.165) is 12.1 Å². The molecular weight excluding hydrogens is 484 g/mol. The maximum absolute atomic E-state index is 12.5. The van der Waals surface area contributed by atoms with Crippen LogP contribution in [0.3, 0.4) is 0 Å². The molecule has 0 radical (unpaired) electrons. The van der Waals surface area contributed by atoms with Crippen molar-refractivity contribution in [2.45, 2.75) is 6.42 Å². The summed E-state index contributed by atoms with van der Waals surface area (Å²) in [6.07, 6.45) is 5.20. The summed E-state index contributed by atoms with van der Waals surface area (Å²) < 4.78 is 10.3. The summed E-state index contributed by atoms with van der Waals surface area (Å²) in [6.45, 7) is 0. The Bertz CT molecular complexity index is 1530. The summed E-state index contributed by atoms with van der Waals surface area (Å²) in [5, 5.41) is 58.6. The van der Waals surface area contributed by atoms with E-state index in [1.54, 1.807) is 0 Å². The SMILES string of the molecule is O=c1oc(C=Cc2ccc(O)c(O)c2)cc(O)c1Cc1c(O)cc(C=Cc2ccc(O)c(O)c2)oc1=O. The summed E-state index contributed by atoms with van der Waals surface area (Å²) in [7, 11) is 0. The maximum Gasteiger partial charge on any atom is 0.343 e. The Balaban J connectivity index is 1.56. The Morgan fingerprint density at radius 1 is 0.514 bits per heavy atom. The predicted octanol–water partition coefficient (Wildman–Crippen LogP) is 3.76. The zero-order valence-electron chi connectivity index (χ0n) is 19.0. The Hall–Kier alpha value is -5.38. The first-order valence-electron chi connectivity index (χ1n) is 10.7. The molecule has 10 nitrogen and oxygen atoms in total. The molecule has 0 amide bonds. The van der Waals surface area contributed by atoms with Gasteiger partial charge >= 0.3 is 11.3 Å². The van der Waals surface area contributed by atoms with Gasteiger partial charge in [-0.25, -0.2) is 9.59 Å². The Morgan fingerprint density at radius 2 is 0.919 bits per heavy atom. The van der Waals surface area contributed by atoms with Crippen molar-refractivity contribution in [1.29, 1.82) is 0 Å². The van der Waals surface area contributed by atoms with Gasteiger partial charge in [0.2, 0.25) is 0 Å². The van der Waals surface area contributed by atoms with Gasteiger partial charge in [-0.3, -0.25) is 0 Å². The van der Waals surface area contributed by atoms with Gasteiger partial charge in [0.05, 0.1) is 11.1 Å². The second kappa shape index (κ2) is 10.1. The van der Waals surface area contributed by atoms with Crippen molar-refractivity contribution in [1.82, 2.24) is 0 Å². The van der Waals surface area contributed by atoms with Crippen molar-refractivity contribution in [3.05, 3.63) is 103 Å². The highest BCUT2D eigenvalue weighted by Crippen LogP contribution is 2.28. The van der Waals surface area contributed by atoms with Crippen molar-refractivity contribution in [3.63, 3.8) is 0 Å². The minimum atomic E-state index is -0.942. The molecule has 2 aromatic carbocycles. The molecule has 4 aromatic rings. The molecule has 188 valence electrons. The van der Waals surface area contributed by atoms with Crippen molar-refractivity contribution in [2.75, 3.05) is 0 Å². The molecule has 0 fully saturated rings. The molecule has 0 bridgehead atoms. The first-order valence-corrected chi connectivity index (χ1v) is 10.7. The Kier molecular flexibility index (Phi) is 6.74. The molecule has 0 saturated carbocycles. The van der Waals surface area contributed by atoms with Crippen LogP contribution in [0.1, 0.15) is 33.8 Å². The van der Waals surface area contributed by atoms with Gasteiger partial charge in [-0.1, -0.05) is 24.3 Å². The summed E-state index contributed by atoms with van der Waals surface area (Å²) in [5.41, 5.74) is -1.46. The van der Waals surface area contributed by atoms with Gasteiger partial charge in [0.15, 0.2) is 23.0 Å². The molecule has 4 rings (SSSR count). The molecular formula is C27H20O10. The highest BCUT2D eigenvalue weighted by atomic mass is 16.4. The number of hydrogen-bond donors (Lipinski definition) is 6. The van der Waals surface area contributed by atoms with Crippen LogP contribution < -0.4 is 11.3 Å². The van der Waals surface area contributed by atoms with Crippen LogP contribution in [0.25, 0.3) is 24.3 Å². The smallest absolute Gasteiger partial charge is 0.343 e. The van der Waals surface area contributed by atoms with E-state index < -0.39 is 29.2 Å². The summed E-state index contributed by atoms with van der Waals surface area (Å²) >= 11 is 0. The fraction of sp³-hybridized carbons (Fsp3) is 0.0370. The highest BCUT2D eigenvalue weighted by molar-refractivity contribution is 5.70. The lowest BCUT2D eigenvalue weighted by molar-refractivity contribution is 0.403. The molecule has 0 aliphatic rings. The normalized spacial score (nSPS) is 11.5. The lowest BCUT2D eigenvalue weighted by Gasteiger charge is -2.06. The predicted molar refractivity (Wildman–Crippen MR) is 133 cm³/mol. The number of benzene rings is 2. The van der Waals surface area contributed by atoms with E-state index in [1.807, 2.05) is 0 Å². The van der Waals surface area contributed by atoms with Crippen LogP contribution in [-0.4, -0.2) is 30.6 Å². The van der Waals surface area contributed by atoms with Crippen LogP contribution in [-0.2, 0) is 6.42 Å². The van der Waals surface area contributed by atoms with Crippen LogP contribution in [0.2, 0.25) is 0 Å². The number of phenols is 4. The fourth-order valence-corrected chi connectivity index (χ4v) is 3.36. The molecule has 0 aliphatic heterocycles. The van der Waals surface area contributed by atoms with Gasteiger partial charge in [-0.05, 0) is 47.5 Å². The number of hydrogen-bond acceptors (Lipinski definition) is 10. The second-order valence-electron chi connectivity index (χ2n) is 7.94. The van der Waals surface area contributed by atoms with Crippen molar-refractivity contribution < 1.29 is 39.5 Å². The third kappa shape index (κ3) is 5.65. The summed E-state index contributed by atoms with van der Waals surface area (Å²) in [6, 6.07) is 10.4. The molecule has 2 heterocycles. The number of aromatic hydroxyl groups is 6. The van der Waals surface area contributed by atoms with Crippen LogP contribution in [0, 0.1) is 0 Å². The summed E-state index contributed by atoms with van der Waals surface area (Å²) in [5.74, 6) is -2.23. The van der Waals surface area contributed by atoms with Crippen LogP contribution in [0.15, 0.2) is 67.0 Å². The Morgan fingerprint density at radius 3 is 1.27 bits per heavy atom. The molecule has 2 aromatic heterocycles. The first kappa shape index (κ1) is 24.7. The lowest BCUT2D eigenvalue weighted by Crippen LogP contribution is -2.14. The molecule has 0 aliphatic carbocycles. The van der Waals surface area contributed by atoms with E-state index in [4.69, 9.17) is 8.83 Å². The topological polar surface area (TPSA) is 182 Å². The molecule has 6 N–H and O–H groups in total. The molecule has 0 atom stereocenters. The van der Waals surface area contributed by atoms with E-state index in [2.05, 4.69) is 0 Å². The van der Waals surface area contributed by atoms with Crippen molar-refractivity contribution in [2.24, 2.45) is 0 Å².